The first-order valence-corrected chi connectivity index (χ1v) is 5.60. The minimum Gasteiger partial charge on any atom is -0.465 e. The summed E-state index contributed by atoms with van der Waals surface area (Å²) in [5.41, 5.74) is 0. The average molecular weight is 204 g/mol. The maximum absolute atomic E-state index is 11.0. The molecule has 0 aromatic heterocycles. The van der Waals surface area contributed by atoms with Gasteiger partial charge in [0.25, 0.3) is 0 Å². The molecule has 0 aliphatic carbocycles. The van der Waals surface area contributed by atoms with Crippen molar-refractivity contribution in [2.75, 3.05) is 12.4 Å². The number of rotatable bonds is 7. The molecule has 0 aromatic carbocycles. The predicted molar refractivity (Wildman–Crippen MR) is 58.1 cm³/mol. The maximum Gasteiger partial charge on any atom is 0.306 e. The molecule has 0 aliphatic heterocycles. The van der Waals surface area contributed by atoms with Crippen LogP contribution >= 0.6 is 12.6 Å². The van der Waals surface area contributed by atoms with Gasteiger partial charge in [-0.3, -0.25) is 4.79 Å². The zero-order valence-electron chi connectivity index (χ0n) is 8.58. The van der Waals surface area contributed by atoms with Crippen molar-refractivity contribution >= 4 is 18.6 Å². The van der Waals surface area contributed by atoms with Crippen LogP contribution in [-0.4, -0.2) is 18.3 Å². The fraction of sp³-hybridized carbons (Fsp3) is 0.900. The highest BCUT2D eigenvalue weighted by molar-refractivity contribution is 7.80. The Balaban J connectivity index is 3.34. The minimum absolute atomic E-state index is 0.127. The lowest BCUT2D eigenvalue weighted by atomic mass is 10.1. The van der Waals surface area contributed by atoms with Gasteiger partial charge in [-0.15, -0.1) is 0 Å². The molecular weight excluding hydrogens is 184 g/mol. The number of carbonyl (C=O) groups excluding carboxylic acids is 1. The number of thiol groups is 1. The molecule has 78 valence electrons. The zero-order valence-corrected chi connectivity index (χ0v) is 9.48. The molecule has 13 heavy (non-hydrogen) atoms. The third kappa shape index (κ3) is 8.16. The van der Waals surface area contributed by atoms with Crippen LogP contribution in [0.3, 0.4) is 0 Å². The van der Waals surface area contributed by atoms with Crippen molar-refractivity contribution in [3.8, 4) is 0 Å². The summed E-state index contributed by atoms with van der Waals surface area (Å²) in [4.78, 5) is 11.0. The number of hydrogen-bond donors (Lipinski definition) is 1. The van der Waals surface area contributed by atoms with E-state index >= 15 is 0 Å². The summed E-state index contributed by atoms with van der Waals surface area (Å²) in [6, 6.07) is 0. The molecule has 0 spiro atoms. The fourth-order valence-electron chi connectivity index (χ4n) is 1.03. The molecule has 0 fully saturated rings. The smallest absolute Gasteiger partial charge is 0.306 e. The van der Waals surface area contributed by atoms with E-state index in [4.69, 9.17) is 4.74 Å². The van der Waals surface area contributed by atoms with Crippen LogP contribution in [0, 0.1) is 5.92 Å². The summed E-state index contributed by atoms with van der Waals surface area (Å²) in [6.07, 6.45) is 3.98. The van der Waals surface area contributed by atoms with Crippen LogP contribution in [0.4, 0.5) is 0 Å². The standard InChI is InChI=1S/C10H20O2S/c1-3-4-5-9(2)8-12-10(11)6-7-13/h9,13H,3-8H2,1-2H3. The van der Waals surface area contributed by atoms with E-state index in [1.165, 1.54) is 12.8 Å². The first kappa shape index (κ1) is 12.8. The molecular formula is C10H20O2S. The Hall–Kier alpha value is -0.180. The summed E-state index contributed by atoms with van der Waals surface area (Å²) in [5, 5.41) is 0. The van der Waals surface area contributed by atoms with Crippen LogP contribution in [0.25, 0.3) is 0 Å². The Kier molecular flexibility index (Phi) is 8.30. The maximum atomic E-state index is 11.0. The van der Waals surface area contributed by atoms with E-state index in [2.05, 4.69) is 26.5 Å². The molecule has 2 nitrogen and oxygen atoms in total. The Morgan fingerprint density at radius 2 is 2.23 bits per heavy atom. The monoisotopic (exact) mass is 204 g/mol. The Morgan fingerprint density at radius 3 is 2.77 bits per heavy atom. The Labute approximate surface area is 86.5 Å². The van der Waals surface area contributed by atoms with Gasteiger partial charge in [-0.2, -0.15) is 12.6 Å². The number of hydrogen-bond acceptors (Lipinski definition) is 3. The van der Waals surface area contributed by atoms with Crippen LogP contribution in [0.5, 0.6) is 0 Å². The molecule has 0 bridgehead atoms. The van der Waals surface area contributed by atoms with Gasteiger partial charge in [0.05, 0.1) is 13.0 Å². The van der Waals surface area contributed by atoms with Gasteiger partial charge in [0.1, 0.15) is 0 Å². The molecule has 0 aliphatic rings. The number of ether oxygens (including phenoxy) is 1. The predicted octanol–water partition coefficient (Wildman–Crippen LogP) is 2.68. The summed E-state index contributed by atoms with van der Waals surface area (Å²) in [7, 11) is 0. The summed E-state index contributed by atoms with van der Waals surface area (Å²) in [6.45, 7) is 4.84. The fourth-order valence-corrected chi connectivity index (χ4v) is 1.22. The van der Waals surface area contributed by atoms with E-state index in [1.807, 2.05) is 0 Å². The van der Waals surface area contributed by atoms with Gasteiger partial charge < -0.3 is 4.74 Å². The first-order valence-electron chi connectivity index (χ1n) is 4.97. The second kappa shape index (κ2) is 8.42. The lowest BCUT2D eigenvalue weighted by molar-refractivity contribution is -0.144. The van der Waals surface area contributed by atoms with Crippen molar-refractivity contribution in [1.29, 1.82) is 0 Å². The van der Waals surface area contributed by atoms with Gasteiger partial charge in [-0.05, 0) is 12.3 Å². The highest BCUT2D eigenvalue weighted by Crippen LogP contribution is 2.08. The summed E-state index contributed by atoms with van der Waals surface area (Å²) in [5.74, 6) is 0.935. The highest BCUT2D eigenvalue weighted by Gasteiger charge is 2.05. The first-order chi connectivity index (χ1) is 6.20. The van der Waals surface area contributed by atoms with Crippen LogP contribution < -0.4 is 0 Å². The van der Waals surface area contributed by atoms with Crippen molar-refractivity contribution in [2.24, 2.45) is 5.92 Å². The van der Waals surface area contributed by atoms with Crippen LogP contribution in [0.2, 0.25) is 0 Å². The molecule has 0 aromatic rings. The van der Waals surface area contributed by atoms with Crippen LogP contribution in [-0.2, 0) is 9.53 Å². The zero-order chi connectivity index (χ0) is 10.1. The van der Waals surface area contributed by atoms with Crippen molar-refractivity contribution < 1.29 is 9.53 Å². The topological polar surface area (TPSA) is 26.3 Å². The molecule has 0 radical (unpaired) electrons. The van der Waals surface area contributed by atoms with Crippen molar-refractivity contribution in [1.82, 2.24) is 0 Å². The third-order valence-electron chi connectivity index (χ3n) is 1.90. The van der Waals surface area contributed by atoms with Crippen molar-refractivity contribution in [2.45, 2.75) is 39.5 Å². The van der Waals surface area contributed by atoms with E-state index in [0.717, 1.165) is 6.42 Å². The van der Waals surface area contributed by atoms with Gasteiger partial charge in [-0.25, -0.2) is 0 Å². The number of esters is 1. The second-order valence-corrected chi connectivity index (χ2v) is 3.85. The molecule has 0 N–H and O–H groups in total. The highest BCUT2D eigenvalue weighted by atomic mass is 32.1. The lowest BCUT2D eigenvalue weighted by Gasteiger charge is -2.10. The third-order valence-corrected chi connectivity index (χ3v) is 2.12. The molecule has 0 saturated heterocycles. The van der Waals surface area contributed by atoms with Crippen LogP contribution in [0.15, 0.2) is 0 Å². The molecule has 1 unspecified atom stereocenters. The molecule has 0 heterocycles. The van der Waals surface area contributed by atoms with Gasteiger partial charge in [0.15, 0.2) is 0 Å². The number of unbranched alkanes of at least 4 members (excludes halogenated alkanes) is 1. The van der Waals surface area contributed by atoms with E-state index in [1.54, 1.807) is 0 Å². The minimum atomic E-state index is -0.127. The van der Waals surface area contributed by atoms with Gasteiger partial charge >= 0.3 is 5.97 Å². The average Bonchev–Trinajstić information content (AvgIpc) is 2.12. The van der Waals surface area contributed by atoms with Gasteiger partial charge in [-0.1, -0.05) is 26.7 Å². The number of carbonyl (C=O) groups is 1. The quantitative estimate of drug-likeness (QED) is 0.510. The van der Waals surface area contributed by atoms with E-state index in [0.29, 0.717) is 24.7 Å². The van der Waals surface area contributed by atoms with E-state index < -0.39 is 0 Å². The van der Waals surface area contributed by atoms with E-state index in [-0.39, 0.29) is 5.97 Å². The molecule has 0 amide bonds. The normalized spacial score (nSPS) is 12.5. The van der Waals surface area contributed by atoms with Crippen molar-refractivity contribution in [3.63, 3.8) is 0 Å². The summed E-state index contributed by atoms with van der Waals surface area (Å²) < 4.78 is 5.05. The van der Waals surface area contributed by atoms with Gasteiger partial charge in [0, 0.05) is 5.75 Å². The Morgan fingerprint density at radius 1 is 1.54 bits per heavy atom. The molecule has 0 saturated carbocycles. The largest absolute Gasteiger partial charge is 0.465 e. The molecule has 0 rings (SSSR count). The lowest BCUT2D eigenvalue weighted by Crippen LogP contribution is -2.12. The SMILES string of the molecule is CCCCC(C)COC(=O)CCS. The van der Waals surface area contributed by atoms with E-state index in [9.17, 15) is 4.79 Å². The molecule has 3 heteroatoms. The Bertz CT molecular complexity index is 137. The molecule has 1 atom stereocenters. The summed E-state index contributed by atoms with van der Waals surface area (Å²) >= 11 is 3.96. The second-order valence-electron chi connectivity index (χ2n) is 3.40. The van der Waals surface area contributed by atoms with Gasteiger partial charge in [0.2, 0.25) is 0 Å². The van der Waals surface area contributed by atoms with Crippen molar-refractivity contribution in [3.05, 3.63) is 0 Å². The van der Waals surface area contributed by atoms with Crippen LogP contribution in [0.1, 0.15) is 39.5 Å².